The van der Waals surface area contributed by atoms with Crippen molar-refractivity contribution in [1.29, 1.82) is 0 Å². The quantitative estimate of drug-likeness (QED) is 0.916. The number of aromatic nitrogens is 1. The number of pyridine rings is 1. The molecular formula is C18H24N2O. The largest absolute Gasteiger partial charge is 0.439 e. The zero-order valence-corrected chi connectivity index (χ0v) is 13.5. The predicted molar refractivity (Wildman–Crippen MR) is 86.8 cm³/mol. The van der Waals surface area contributed by atoms with Crippen LogP contribution in [0.5, 0.6) is 11.6 Å². The minimum absolute atomic E-state index is 0.0174. The van der Waals surface area contributed by atoms with E-state index in [1.54, 1.807) is 0 Å². The number of aryl methyl sites for hydroxylation is 2. The Labute approximate surface area is 127 Å². The molecule has 0 unspecified atom stereocenters. The Morgan fingerprint density at radius 3 is 2.43 bits per heavy atom. The van der Waals surface area contributed by atoms with Crippen LogP contribution in [0.25, 0.3) is 0 Å². The Balaban J connectivity index is 2.44. The summed E-state index contributed by atoms with van der Waals surface area (Å²) in [5, 5.41) is 0. The molecule has 0 bridgehead atoms. The summed E-state index contributed by atoms with van der Waals surface area (Å²) >= 11 is 0. The highest BCUT2D eigenvalue weighted by Gasteiger charge is 2.19. The molecule has 1 aromatic carbocycles. The SMILES string of the molecule is Cc1ccc(C(C)(C)C)c(Oc2cc(CN)cc(C)n2)c1. The number of hydrogen-bond acceptors (Lipinski definition) is 3. The van der Waals surface area contributed by atoms with E-state index in [9.17, 15) is 0 Å². The molecule has 3 heteroatoms. The fraction of sp³-hybridized carbons (Fsp3) is 0.389. The fourth-order valence-electron chi connectivity index (χ4n) is 2.32. The maximum atomic E-state index is 6.07. The average molecular weight is 284 g/mol. The van der Waals surface area contributed by atoms with Crippen molar-refractivity contribution in [3.8, 4) is 11.6 Å². The molecule has 0 saturated heterocycles. The summed E-state index contributed by atoms with van der Waals surface area (Å²) in [7, 11) is 0. The number of nitrogens with zero attached hydrogens (tertiary/aromatic N) is 1. The van der Waals surface area contributed by atoms with Gasteiger partial charge in [0.1, 0.15) is 5.75 Å². The molecule has 0 radical (unpaired) electrons. The lowest BCUT2D eigenvalue weighted by Gasteiger charge is -2.23. The molecule has 21 heavy (non-hydrogen) atoms. The molecule has 0 aliphatic carbocycles. The van der Waals surface area contributed by atoms with Crippen molar-refractivity contribution in [2.24, 2.45) is 5.73 Å². The number of ether oxygens (including phenoxy) is 1. The van der Waals surface area contributed by atoms with Crippen LogP contribution >= 0.6 is 0 Å². The van der Waals surface area contributed by atoms with Gasteiger partial charge in [0.25, 0.3) is 0 Å². The molecule has 3 nitrogen and oxygen atoms in total. The first-order valence-electron chi connectivity index (χ1n) is 7.26. The molecule has 0 fully saturated rings. The van der Waals surface area contributed by atoms with Gasteiger partial charge in [0.2, 0.25) is 5.88 Å². The molecule has 112 valence electrons. The van der Waals surface area contributed by atoms with Crippen LogP contribution in [-0.4, -0.2) is 4.98 Å². The molecular weight excluding hydrogens is 260 g/mol. The number of nitrogens with two attached hydrogens (primary N) is 1. The summed E-state index contributed by atoms with van der Waals surface area (Å²) in [6, 6.07) is 10.2. The van der Waals surface area contributed by atoms with Gasteiger partial charge in [-0.25, -0.2) is 4.98 Å². The Bertz CT molecular complexity index is 642. The van der Waals surface area contributed by atoms with Gasteiger partial charge in [-0.15, -0.1) is 0 Å². The molecule has 2 N–H and O–H groups in total. The highest BCUT2D eigenvalue weighted by Crippen LogP contribution is 2.34. The van der Waals surface area contributed by atoms with Gasteiger partial charge in [0.15, 0.2) is 0 Å². The van der Waals surface area contributed by atoms with Crippen LogP contribution in [0.2, 0.25) is 0 Å². The van der Waals surface area contributed by atoms with Crippen molar-refractivity contribution in [2.75, 3.05) is 0 Å². The monoisotopic (exact) mass is 284 g/mol. The molecule has 0 atom stereocenters. The Morgan fingerprint density at radius 2 is 1.81 bits per heavy atom. The van der Waals surface area contributed by atoms with Crippen LogP contribution in [0.4, 0.5) is 0 Å². The Kier molecular flexibility index (Phi) is 4.33. The van der Waals surface area contributed by atoms with Crippen molar-refractivity contribution in [3.05, 3.63) is 52.7 Å². The molecule has 2 rings (SSSR count). The van der Waals surface area contributed by atoms with Crippen LogP contribution in [0.15, 0.2) is 30.3 Å². The standard InChI is InChI=1S/C18H24N2O/c1-12-6-7-15(18(3,4)5)16(8-12)21-17-10-14(11-19)9-13(2)20-17/h6-10H,11,19H2,1-5H3. The van der Waals surface area contributed by atoms with Crippen molar-refractivity contribution in [3.63, 3.8) is 0 Å². The zero-order valence-electron chi connectivity index (χ0n) is 13.5. The molecule has 0 saturated carbocycles. The highest BCUT2D eigenvalue weighted by molar-refractivity contribution is 5.43. The lowest BCUT2D eigenvalue weighted by atomic mass is 9.86. The van der Waals surface area contributed by atoms with Crippen LogP contribution < -0.4 is 10.5 Å². The van der Waals surface area contributed by atoms with E-state index >= 15 is 0 Å². The predicted octanol–water partition coefficient (Wildman–Crippen LogP) is 4.25. The Morgan fingerprint density at radius 1 is 1.10 bits per heavy atom. The van der Waals surface area contributed by atoms with Crippen LogP contribution in [0.1, 0.15) is 43.2 Å². The third-order valence-corrected chi connectivity index (χ3v) is 3.39. The third-order valence-electron chi connectivity index (χ3n) is 3.39. The molecule has 0 amide bonds. The second kappa shape index (κ2) is 5.86. The summed E-state index contributed by atoms with van der Waals surface area (Å²) in [4.78, 5) is 4.45. The molecule has 1 heterocycles. The van der Waals surface area contributed by atoms with E-state index < -0.39 is 0 Å². The van der Waals surface area contributed by atoms with E-state index in [1.165, 1.54) is 11.1 Å². The molecule has 2 aromatic rings. The molecule has 0 spiro atoms. The van der Waals surface area contributed by atoms with E-state index in [4.69, 9.17) is 10.5 Å². The second-order valence-corrected chi connectivity index (χ2v) is 6.51. The third kappa shape index (κ3) is 3.82. The zero-order chi connectivity index (χ0) is 15.6. The van der Waals surface area contributed by atoms with Crippen molar-refractivity contribution < 1.29 is 4.74 Å². The van der Waals surface area contributed by atoms with Gasteiger partial charge < -0.3 is 10.5 Å². The molecule has 0 aliphatic rings. The maximum absolute atomic E-state index is 6.07. The fourth-order valence-corrected chi connectivity index (χ4v) is 2.32. The normalized spacial score (nSPS) is 11.5. The summed E-state index contributed by atoms with van der Waals surface area (Å²) in [5.41, 5.74) is 10.0. The first-order chi connectivity index (χ1) is 9.79. The molecule has 1 aromatic heterocycles. The van der Waals surface area contributed by atoms with Gasteiger partial charge in [0, 0.05) is 23.9 Å². The van der Waals surface area contributed by atoms with Gasteiger partial charge >= 0.3 is 0 Å². The van der Waals surface area contributed by atoms with E-state index in [-0.39, 0.29) is 5.41 Å². The molecule has 0 aliphatic heterocycles. The lowest BCUT2D eigenvalue weighted by Crippen LogP contribution is -2.13. The first kappa shape index (κ1) is 15.5. The van der Waals surface area contributed by atoms with E-state index in [2.05, 4.69) is 50.9 Å². The van der Waals surface area contributed by atoms with Crippen LogP contribution in [-0.2, 0) is 12.0 Å². The van der Waals surface area contributed by atoms with Crippen LogP contribution in [0, 0.1) is 13.8 Å². The smallest absolute Gasteiger partial charge is 0.219 e. The minimum Gasteiger partial charge on any atom is -0.439 e. The number of hydrogen-bond donors (Lipinski definition) is 1. The van der Waals surface area contributed by atoms with E-state index in [0.717, 1.165) is 17.0 Å². The van der Waals surface area contributed by atoms with Crippen molar-refractivity contribution >= 4 is 0 Å². The van der Waals surface area contributed by atoms with E-state index in [0.29, 0.717) is 12.4 Å². The van der Waals surface area contributed by atoms with Crippen LogP contribution in [0.3, 0.4) is 0 Å². The van der Waals surface area contributed by atoms with Crippen molar-refractivity contribution in [2.45, 2.75) is 46.6 Å². The minimum atomic E-state index is 0.0174. The second-order valence-electron chi connectivity index (χ2n) is 6.51. The van der Waals surface area contributed by atoms with Gasteiger partial charge in [-0.05, 0) is 42.5 Å². The number of benzene rings is 1. The topological polar surface area (TPSA) is 48.1 Å². The van der Waals surface area contributed by atoms with E-state index in [1.807, 2.05) is 19.1 Å². The van der Waals surface area contributed by atoms with Gasteiger partial charge in [0.05, 0.1) is 0 Å². The van der Waals surface area contributed by atoms with Crippen molar-refractivity contribution in [1.82, 2.24) is 4.98 Å². The maximum Gasteiger partial charge on any atom is 0.219 e. The lowest BCUT2D eigenvalue weighted by molar-refractivity contribution is 0.438. The average Bonchev–Trinajstić information content (AvgIpc) is 2.36. The highest BCUT2D eigenvalue weighted by atomic mass is 16.5. The summed E-state index contributed by atoms with van der Waals surface area (Å²) in [6.07, 6.45) is 0. The Hall–Kier alpha value is -1.87. The number of rotatable bonds is 3. The summed E-state index contributed by atoms with van der Waals surface area (Å²) in [5.74, 6) is 1.47. The van der Waals surface area contributed by atoms with Gasteiger partial charge in [-0.2, -0.15) is 0 Å². The summed E-state index contributed by atoms with van der Waals surface area (Å²) < 4.78 is 6.07. The first-order valence-corrected chi connectivity index (χ1v) is 7.26. The van der Waals surface area contributed by atoms with Gasteiger partial charge in [-0.3, -0.25) is 0 Å². The summed E-state index contributed by atoms with van der Waals surface area (Å²) in [6.45, 7) is 11.0. The van der Waals surface area contributed by atoms with Gasteiger partial charge in [-0.1, -0.05) is 32.9 Å².